The van der Waals surface area contributed by atoms with Gasteiger partial charge in [0.15, 0.2) is 0 Å². The summed E-state index contributed by atoms with van der Waals surface area (Å²) in [5.41, 5.74) is 0.877. The zero-order chi connectivity index (χ0) is 18.5. The zero-order valence-electron chi connectivity index (χ0n) is 14.6. The number of anilines is 1. The smallest absolute Gasteiger partial charge is 0.308 e. The molecule has 1 aromatic rings. The fraction of sp³-hybridized carbons (Fsp3) is 0.474. The van der Waals surface area contributed by atoms with E-state index in [1.54, 1.807) is 24.3 Å². The molecule has 1 fully saturated rings. The molecule has 2 amide bonds. The lowest BCUT2D eigenvalue weighted by Gasteiger charge is -2.26. The van der Waals surface area contributed by atoms with Gasteiger partial charge in [0.2, 0.25) is 5.91 Å². The Labute approximate surface area is 152 Å². The summed E-state index contributed by atoms with van der Waals surface area (Å²) in [6.07, 6.45) is 4.43. The SMILES string of the molecule is O=C(N[C@H]1CCCCC[C@H]1C(=O)O)C1=NN(c2ccccc2)C(=O)CC1. The van der Waals surface area contributed by atoms with Crippen LogP contribution in [0, 0.1) is 5.92 Å². The van der Waals surface area contributed by atoms with Crippen molar-refractivity contribution in [2.24, 2.45) is 11.0 Å². The summed E-state index contributed by atoms with van der Waals surface area (Å²) in [7, 11) is 0. The molecule has 0 bridgehead atoms. The Morgan fingerprint density at radius 3 is 2.54 bits per heavy atom. The summed E-state index contributed by atoms with van der Waals surface area (Å²) < 4.78 is 0. The maximum atomic E-state index is 12.7. The number of carboxylic acids is 1. The van der Waals surface area contributed by atoms with Crippen LogP contribution in [-0.2, 0) is 14.4 Å². The van der Waals surface area contributed by atoms with Crippen LogP contribution in [-0.4, -0.2) is 34.6 Å². The molecule has 1 aliphatic heterocycles. The molecule has 1 heterocycles. The minimum atomic E-state index is -0.871. The third-order valence-electron chi connectivity index (χ3n) is 4.95. The highest BCUT2D eigenvalue weighted by Gasteiger charge is 2.33. The first-order valence-corrected chi connectivity index (χ1v) is 9.05. The van der Waals surface area contributed by atoms with E-state index in [9.17, 15) is 19.5 Å². The maximum Gasteiger partial charge on any atom is 0.308 e. The number of hydrogen-bond donors (Lipinski definition) is 2. The molecule has 7 heteroatoms. The van der Waals surface area contributed by atoms with E-state index in [-0.39, 0.29) is 30.4 Å². The monoisotopic (exact) mass is 357 g/mol. The van der Waals surface area contributed by atoms with Crippen molar-refractivity contribution in [1.82, 2.24) is 5.32 Å². The molecule has 1 aliphatic carbocycles. The van der Waals surface area contributed by atoms with Gasteiger partial charge in [-0.3, -0.25) is 14.4 Å². The van der Waals surface area contributed by atoms with Gasteiger partial charge in [-0.15, -0.1) is 0 Å². The number of carboxylic acid groups (broad SMARTS) is 1. The van der Waals surface area contributed by atoms with Crippen LogP contribution in [0.1, 0.15) is 44.9 Å². The fourth-order valence-electron chi connectivity index (χ4n) is 3.52. The Kier molecular flexibility index (Phi) is 5.65. The molecule has 2 atom stereocenters. The average molecular weight is 357 g/mol. The largest absolute Gasteiger partial charge is 0.481 e. The maximum absolute atomic E-state index is 12.7. The number of benzene rings is 1. The van der Waals surface area contributed by atoms with Crippen LogP contribution >= 0.6 is 0 Å². The van der Waals surface area contributed by atoms with Crippen LogP contribution in [0.25, 0.3) is 0 Å². The standard InChI is InChI=1S/C19H23N3O4/c23-17-12-11-16(21-22(17)13-7-3-1-4-8-13)18(24)20-15-10-6-2-5-9-14(15)19(25)26/h1,3-4,7-8,14-15H,2,5-6,9-12H2,(H,20,24)(H,25,26)/t14-,15+/m1/s1. The second-order valence-corrected chi connectivity index (χ2v) is 6.75. The fourth-order valence-corrected chi connectivity index (χ4v) is 3.52. The van der Waals surface area contributed by atoms with Crippen molar-refractivity contribution in [2.75, 3.05) is 5.01 Å². The second-order valence-electron chi connectivity index (χ2n) is 6.75. The summed E-state index contributed by atoms with van der Waals surface area (Å²) in [6, 6.07) is 8.56. The number of nitrogens with zero attached hydrogens (tertiary/aromatic N) is 2. The lowest BCUT2D eigenvalue weighted by molar-refractivity contribution is -0.143. The van der Waals surface area contributed by atoms with Gasteiger partial charge in [-0.25, -0.2) is 5.01 Å². The number of aliphatic carboxylic acids is 1. The zero-order valence-corrected chi connectivity index (χ0v) is 14.6. The van der Waals surface area contributed by atoms with Crippen LogP contribution in [0.2, 0.25) is 0 Å². The van der Waals surface area contributed by atoms with Gasteiger partial charge in [0.05, 0.1) is 11.6 Å². The normalized spacial score (nSPS) is 23.8. The molecule has 138 valence electrons. The second kappa shape index (κ2) is 8.12. The van der Waals surface area contributed by atoms with E-state index in [0.29, 0.717) is 18.5 Å². The molecule has 2 N–H and O–H groups in total. The first-order valence-electron chi connectivity index (χ1n) is 9.05. The van der Waals surface area contributed by atoms with Crippen molar-refractivity contribution in [2.45, 2.75) is 51.0 Å². The van der Waals surface area contributed by atoms with Crippen LogP contribution in [0.3, 0.4) is 0 Å². The number of amides is 2. The number of para-hydroxylation sites is 1. The van der Waals surface area contributed by atoms with Gasteiger partial charge in [0.25, 0.3) is 5.91 Å². The van der Waals surface area contributed by atoms with Crippen molar-refractivity contribution >= 4 is 29.2 Å². The third kappa shape index (κ3) is 4.09. The molecular weight excluding hydrogens is 334 g/mol. The van der Waals surface area contributed by atoms with Crippen LogP contribution in [0.15, 0.2) is 35.4 Å². The summed E-state index contributed by atoms with van der Waals surface area (Å²) in [6.45, 7) is 0. The summed E-state index contributed by atoms with van der Waals surface area (Å²) in [4.78, 5) is 36.3. The van der Waals surface area contributed by atoms with Crippen molar-refractivity contribution in [1.29, 1.82) is 0 Å². The molecule has 2 aliphatic rings. The molecule has 0 unspecified atom stereocenters. The summed E-state index contributed by atoms with van der Waals surface area (Å²) >= 11 is 0. The molecule has 0 saturated heterocycles. The van der Waals surface area contributed by atoms with Crippen LogP contribution in [0.5, 0.6) is 0 Å². The number of carbonyl (C=O) groups is 3. The van der Waals surface area contributed by atoms with Gasteiger partial charge in [0.1, 0.15) is 5.71 Å². The Balaban J connectivity index is 1.76. The van der Waals surface area contributed by atoms with Gasteiger partial charge in [-0.2, -0.15) is 5.10 Å². The predicted octanol–water partition coefficient (Wildman–Crippen LogP) is 2.32. The quantitative estimate of drug-likeness (QED) is 0.808. The van der Waals surface area contributed by atoms with Gasteiger partial charge in [-0.1, -0.05) is 37.5 Å². The molecular formula is C19H23N3O4. The van der Waals surface area contributed by atoms with Crippen molar-refractivity contribution in [3.8, 4) is 0 Å². The Hall–Kier alpha value is -2.70. The number of carbonyl (C=O) groups excluding carboxylic acids is 2. The molecule has 1 aromatic carbocycles. The number of nitrogens with one attached hydrogen (secondary N) is 1. The van der Waals surface area contributed by atoms with Crippen LogP contribution < -0.4 is 10.3 Å². The summed E-state index contributed by atoms with van der Waals surface area (Å²) in [5.74, 6) is -1.98. The van der Waals surface area contributed by atoms with E-state index in [1.165, 1.54) is 5.01 Å². The number of rotatable bonds is 4. The predicted molar refractivity (Wildman–Crippen MR) is 96.7 cm³/mol. The highest BCUT2D eigenvalue weighted by atomic mass is 16.4. The van der Waals surface area contributed by atoms with Crippen molar-refractivity contribution < 1.29 is 19.5 Å². The lowest BCUT2D eigenvalue weighted by Crippen LogP contribution is -2.47. The average Bonchev–Trinajstić information content (AvgIpc) is 2.88. The topological polar surface area (TPSA) is 99.1 Å². The number of hydrogen-bond acceptors (Lipinski definition) is 4. The van der Waals surface area contributed by atoms with Gasteiger partial charge in [-0.05, 0) is 25.0 Å². The van der Waals surface area contributed by atoms with E-state index in [2.05, 4.69) is 10.4 Å². The molecule has 0 aromatic heterocycles. The molecule has 0 radical (unpaired) electrons. The van der Waals surface area contributed by atoms with Crippen LogP contribution in [0.4, 0.5) is 5.69 Å². The number of hydrazone groups is 1. The van der Waals surface area contributed by atoms with Gasteiger partial charge < -0.3 is 10.4 Å². The minimum absolute atomic E-state index is 0.161. The first kappa shape index (κ1) is 18.1. The summed E-state index contributed by atoms with van der Waals surface area (Å²) in [5, 5.41) is 17.8. The van der Waals surface area contributed by atoms with E-state index in [1.807, 2.05) is 6.07 Å². The van der Waals surface area contributed by atoms with Gasteiger partial charge in [0, 0.05) is 18.9 Å². The Bertz CT molecular complexity index is 717. The molecule has 0 spiro atoms. The van der Waals surface area contributed by atoms with Gasteiger partial charge >= 0.3 is 5.97 Å². The Morgan fingerprint density at radius 2 is 1.81 bits per heavy atom. The lowest BCUT2D eigenvalue weighted by atomic mass is 9.94. The van der Waals surface area contributed by atoms with Crippen molar-refractivity contribution in [3.63, 3.8) is 0 Å². The first-order chi connectivity index (χ1) is 12.6. The van der Waals surface area contributed by atoms with E-state index in [0.717, 1.165) is 19.3 Å². The van der Waals surface area contributed by atoms with E-state index >= 15 is 0 Å². The van der Waals surface area contributed by atoms with E-state index in [4.69, 9.17) is 0 Å². The molecule has 1 saturated carbocycles. The molecule has 3 rings (SSSR count). The third-order valence-corrected chi connectivity index (χ3v) is 4.95. The highest BCUT2D eigenvalue weighted by Crippen LogP contribution is 2.24. The molecule has 26 heavy (non-hydrogen) atoms. The van der Waals surface area contributed by atoms with Crippen molar-refractivity contribution in [3.05, 3.63) is 30.3 Å². The minimum Gasteiger partial charge on any atom is -0.481 e. The molecule has 7 nitrogen and oxygen atoms in total. The highest BCUT2D eigenvalue weighted by molar-refractivity contribution is 6.40. The Morgan fingerprint density at radius 1 is 1.08 bits per heavy atom. The van der Waals surface area contributed by atoms with E-state index < -0.39 is 17.9 Å².